The molecule has 0 fully saturated rings. The molecule has 112 valence electrons. The zero-order chi connectivity index (χ0) is 14.6. The molecule has 1 aromatic rings. The summed E-state index contributed by atoms with van der Waals surface area (Å²) >= 11 is 0. The van der Waals surface area contributed by atoms with Crippen LogP contribution in [-0.2, 0) is 4.74 Å². The molecule has 0 aliphatic carbocycles. The van der Waals surface area contributed by atoms with E-state index in [9.17, 15) is 9.18 Å². The summed E-state index contributed by atoms with van der Waals surface area (Å²) in [6, 6.07) is 5.64. The van der Waals surface area contributed by atoms with Crippen molar-refractivity contribution in [2.24, 2.45) is 0 Å². The molecule has 20 heavy (non-hydrogen) atoms. The van der Waals surface area contributed by atoms with Crippen LogP contribution >= 0.6 is 0 Å². The summed E-state index contributed by atoms with van der Waals surface area (Å²) in [5, 5.41) is 5.35. The van der Waals surface area contributed by atoms with Gasteiger partial charge in [0.25, 0.3) is 0 Å². The zero-order valence-corrected chi connectivity index (χ0v) is 11.7. The predicted molar refractivity (Wildman–Crippen MR) is 74.4 cm³/mol. The first kappa shape index (κ1) is 16.2. The Hall–Kier alpha value is -1.82. The lowest BCUT2D eigenvalue weighted by atomic mass is 10.3. The second kappa shape index (κ2) is 10.0. The van der Waals surface area contributed by atoms with Crippen LogP contribution in [0, 0.1) is 5.82 Å². The Morgan fingerprint density at radius 1 is 1.25 bits per heavy atom. The molecule has 0 aromatic heterocycles. The van der Waals surface area contributed by atoms with Crippen molar-refractivity contribution >= 4 is 6.03 Å². The standard InChI is InChI=1S/C14H21FN2O3/c1-2-19-9-4-7-16-14(18)17-8-10-20-13-6-3-5-12(15)11-13/h3,5-6,11H,2,4,7-10H2,1H3,(H2,16,17,18). The SMILES string of the molecule is CCOCCCNC(=O)NCCOc1cccc(F)c1. The third-order valence-corrected chi connectivity index (χ3v) is 2.41. The third-order valence-electron chi connectivity index (χ3n) is 2.41. The summed E-state index contributed by atoms with van der Waals surface area (Å²) in [5.41, 5.74) is 0. The van der Waals surface area contributed by atoms with Gasteiger partial charge in [-0.15, -0.1) is 0 Å². The molecule has 5 nitrogen and oxygen atoms in total. The largest absolute Gasteiger partial charge is 0.492 e. The van der Waals surface area contributed by atoms with Crippen molar-refractivity contribution in [2.45, 2.75) is 13.3 Å². The van der Waals surface area contributed by atoms with Crippen molar-refractivity contribution in [3.63, 3.8) is 0 Å². The molecule has 0 atom stereocenters. The average Bonchev–Trinajstić information content (AvgIpc) is 2.43. The molecule has 0 saturated heterocycles. The minimum absolute atomic E-state index is 0.246. The Balaban J connectivity index is 2.02. The average molecular weight is 284 g/mol. The molecule has 0 aliphatic rings. The number of nitrogens with one attached hydrogen (secondary N) is 2. The normalized spacial score (nSPS) is 10.1. The van der Waals surface area contributed by atoms with Gasteiger partial charge >= 0.3 is 6.03 Å². The molecular weight excluding hydrogens is 263 g/mol. The first-order valence-corrected chi connectivity index (χ1v) is 6.70. The molecule has 2 amide bonds. The first-order valence-electron chi connectivity index (χ1n) is 6.70. The number of hydrogen-bond acceptors (Lipinski definition) is 3. The number of rotatable bonds is 9. The van der Waals surface area contributed by atoms with Crippen LogP contribution in [0.2, 0.25) is 0 Å². The van der Waals surface area contributed by atoms with Crippen molar-refractivity contribution < 1.29 is 18.7 Å². The van der Waals surface area contributed by atoms with Crippen molar-refractivity contribution in [3.8, 4) is 5.75 Å². The molecule has 0 radical (unpaired) electrons. The molecule has 1 aromatic carbocycles. The topological polar surface area (TPSA) is 59.6 Å². The highest BCUT2D eigenvalue weighted by Crippen LogP contribution is 2.11. The van der Waals surface area contributed by atoms with Crippen LogP contribution in [0.15, 0.2) is 24.3 Å². The van der Waals surface area contributed by atoms with E-state index >= 15 is 0 Å². The molecule has 0 heterocycles. The van der Waals surface area contributed by atoms with Gasteiger partial charge in [0, 0.05) is 25.8 Å². The molecule has 0 bridgehead atoms. The van der Waals surface area contributed by atoms with Crippen molar-refractivity contribution in [2.75, 3.05) is 32.9 Å². The van der Waals surface area contributed by atoms with Gasteiger partial charge in [0.1, 0.15) is 18.2 Å². The maximum atomic E-state index is 12.9. The summed E-state index contributed by atoms with van der Waals surface area (Å²) in [7, 11) is 0. The van der Waals surface area contributed by atoms with Crippen LogP contribution in [0.4, 0.5) is 9.18 Å². The van der Waals surface area contributed by atoms with E-state index < -0.39 is 0 Å². The van der Waals surface area contributed by atoms with Gasteiger partial charge in [0.15, 0.2) is 0 Å². The highest BCUT2D eigenvalue weighted by molar-refractivity contribution is 5.73. The smallest absolute Gasteiger partial charge is 0.314 e. The minimum atomic E-state index is -0.345. The molecule has 6 heteroatoms. The third kappa shape index (κ3) is 7.58. The molecule has 2 N–H and O–H groups in total. The Labute approximate surface area is 118 Å². The number of amides is 2. The van der Waals surface area contributed by atoms with Crippen LogP contribution in [0.5, 0.6) is 5.75 Å². The summed E-state index contributed by atoms with van der Waals surface area (Å²) < 4.78 is 23.3. The number of carbonyl (C=O) groups is 1. The molecule has 0 aliphatic heterocycles. The van der Waals surface area contributed by atoms with Gasteiger partial charge in [-0.2, -0.15) is 0 Å². The van der Waals surface area contributed by atoms with Gasteiger partial charge in [-0.3, -0.25) is 0 Å². The number of hydrogen-bond donors (Lipinski definition) is 2. The van der Waals surface area contributed by atoms with E-state index in [0.717, 1.165) is 6.42 Å². The van der Waals surface area contributed by atoms with Crippen molar-refractivity contribution in [1.29, 1.82) is 0 Å². The fraction of sp³-hybridized carbons (Fsp3) is 0.500. The quantitative estimate of drug-likeness (QED) is 0.681. The summed E-state index contributed by atoms with van der Waals surface area (Å²) in [6.45, 7) is 4.46. The first-order chi connectivity index (χ1) is 9.72. The molecule has 0 spiro atoms. The maximum Gasteiger partial charge on any atom is 0.314 e. The van der Waals surface area contributed by atoms with Gasteiger partial charge in [-0.25, -0.2) is 9.18 Å². The van der Waals surface area contributed by atoms with E-state index in [1.807, 2.05) is 6.92 Å². The number of urea groups is 1. The second-order valence-corrected chi connectivity index (χ2v) is 4.04. The summed E-state index contributed by atoms with van der Waals surface area (Å²) in [6.07, 6.45) is 0.779. The monoisotopic (exact) mass is 284 g/mol. The molecule has 0 unspecified atom stereocenters. The van der Waals surface area contributed by atoms with Gasteiger partial charge in [0.05, 0.1) is 6.54 Å². The number of carbonyl (C=O) groups excluding carboxylic acids is 1. The summed E-state index contributed by atoms with van der Waals surface area (Å²) in [5.74, 6) is 0.103. The lowest BCUT2D eigenvalue weighted by molar-refractivity contribution is 0.145. The van der Waals surface area contributed by atoms with E-state index in [2.05, 4.69) is 10.6 Å². The highest BCUT2D eigenvalue weighted by atomic mass is 19.1. The van der Waals surface area contributed by atoms with E-state index in [1.54, 1.807) is 12.1 Å². The lowest BCUT2D eigenvalue weighted by Crippen LogP contribution is -2.38. The van der Waals surface area contributed by atoms with E-state index in [0.29, 0.717) is 32.1 Å². The van der Waals surface area contributed by atoms with Crippen LogP contribution in [0.1, 0.15) is 13.3 Å². The molecule has 0 saturated carbocycles. The Bertz CT molecular complexity index is 402. The van der Waals surface area contributed by atoms with Crippen LogP contribution < -0.4 is 15.4 Å². The van der Waals surface area contributed by atoms with Crippen molar-refractivity contribution in [3.05, 3.63) is 30.1 Å². The lowest BCUT2D eigenvalue weighted by Gasteiger charge is -2.09. The van der Waals surface area contributed by atoms with Crippen LogP contribution in [-0.4, -0.2) is 38.9 Å². The Kier molecular flexibility index (Phi) is 8.14. The van der Waals surface area contributed by atoms with E-state index in [4.69, 9.17) is 9.47 Å². The van der Waals surface area contributed by atoms with Crippen molar-refractivity contribution in [1.82, 2.24) is 10.6 Å². The fourth-order valence-electron chi connectivity index (χ4n) is 1.47. The van der Waals surface area contributed by atoms with Crippen LogP contribution in [0.3, 0.4) is 0 Å². The number of benzene rings is 1. The van der Waals surface area contributed by atoms with Gasteiger partial charge in [0.2, 0.25) is 0 Å². The Morgan fingerprint density at radius 3 is 2.80 bits per heavy atom. The predicted octanol–water partition coefficient (Wildman–Crippen LogP) is 1.93. The molecular formula is C14H21FN2O3. The zero-order valence-electron chi connectivity index (χ0n) is 11.7. The van der Waals surface area contributed by atoms with E-state index in [1.165, 1.54) is 12.1 Å². The molecule has 1 rings (SSSR count). The Morgan fingerprint density at radius 2 is 2.05 bits per heavy atom. The highest BCUT2D eigenvalue weighted by Gasteiger charge is 1.99. The maximum absolute atomic E-state index is 12.9. The van der Waals surface area contributed by atoms with Gasteiger partial charge < -0.3 is 20.1 Å². The minimum Gasteiger partial charge on any atom is -0.492 e. The van der Waals surface area contributed by atoms with E-state index in [-0.39, 0.29) is 18.5 Å². The van der Waals surface area contributed by atoms with Gasteiger partial charge in [-0.1, -0.05) is 6.07 Å². The van der Waals surface area contributed by atoms with Crippen LogP contribution in [0.25, 0.3) is 0 Å². The number of ether oxygens (including phenoxy) is 2. The van der Waals surface area contributed by atoms with Gasteiger partial charge in [-0.05, 0) is 25.5 Å². The second-order valence-electron chi connectivity index (χ2n) is 4.04. The summed E-state index contributed by atoms with van der Waals surface area (Å²) in [4.78, 5) is 11.4. The fourth-order valence-corrected chi connectivity index (χ4v) is 1.47. The number of halogens is 1.